The quantitative estimate of drug-likeness (QED) is 0.493. The van der Waals surface area contributed by atoms with Gasteiger partial charge in [0.1, 0.15) is 5.38 Å². The van der Waals surface area contributed by atoms with Gasteiger partial charge < -0.3 is 5.73 Å². The topological polar surface area (TPSA) is 43.1 Å². The fourth-order valence-corrected chi connectivity index (χ4v) is 2.03. The molecule has 0 spiro atoms. The summed E-state index contributed by atoms with van der Waals surface area (Å²) in [6.45, 7) is 1.48. The maximum absolute atomic E-state index is 11.1. The smallest absolute Gasteiger partial charge is 0.152 e. The minimum atomic E-state index is -0.596. The number of ketones is 1. The van der Waals surface area contributed by atoms with Crippen LogP contribution in [0.25, 0.3) is 0 Å². The van der Waals surface area contributed by atoms with Gasteiger partial charge in [0, 0.05) is 10.6 Å². The molecule has 0 aliphatic heterocycles. The molecule has 76 valence electrons. The molecule has 1 aromatic carbocycles. The van der Waals surface area contributed by atoms with Crippen LogP contribution in [0.1, 0.15) is 17.9 Å². The number of benzene rings is 1. The highest BCUT2D eigenvalue weighted by Crippen LogP contribution is 2.31. The van der Waals surface area contributed by atoms with Gasteiger partial charge in [-0.15, -0.1) is 23.4 Å². The maximum Gasteiger partial charge on any atom is 0.152 e. The molecule has 0 aliphatic rings. The van der Waals surface area contributed by atoms with E-state index in [0.717, 1.165) is 10.5 Å². The Morgan fingerprint density at radius 3 is 2.71 bits per heavy atom. The summed E-state index contributed by atoms with van der Waals surface area (Å²) < 4.78 is 0. The van der Waals surface area contributed by atoms with Crippen LogP contribution in [0, 0.1) is 0 Å². The second kappa shape index (κ2) is 4.71. The van der Waals surface area contributed by atoms with E-state index in [1.807, 2.05) is 12.3 Å². The summed E-state index contributed by atoms with van der Waals surface area (Å²) >= 11 is 7.54. The summed E-state index contributed by atoms with van der Waals surface area (Å²) in [4.78, 5) is 12.1. The number of thioether (sulfide) groups is 1. The number of alkyl halides is 1. The Bertz CT molecular complexity index is 354. The number of carbonyl (C=O) groups excluding carboxylic acids is 1. The van der Waals surface area contributed by atoms with Crippen molar-refractivity contribution in [1.29, 1.82) is 0 Å². The van der Waals surface area contributed by atoms with Crippen LogP contribution in [-0.2, 0) is 4.79 Å². The van der Waals surface area contributed by atoms with Gasteiger partial charge in [-0.2, -0.15) is 0 Å². The molecule has 0 amide bonds. The Kier molecular flexibility index (Phi) is 3.84. The van der Waals surface area contributed by atoms with Gasteiger partial charge in [-0.3, -0.25) is 4.79 Å². The molecule has 0 saturated heterocycles. The molecule has 2 N–H and O–H groups in total. The average Bonchev–Trinajstić information content (AvgIpc) is 2.16. The summed E-state index contributed by atoms with van der Waals surface area (Å²) in [6.07, 6.45) is 1.94. The van der Waals surface area contributed by atoms with Crippen molar-refractivity contribution in [3.05, 3.63) is 23.8 Å². The number of halogens is 1. The lowest BCUT2D eigenvalue weighted by Crippen LogP contribution is -2.03. The number of carbonyl (C=O) groups is 1. The number of anilines is 1. The Labute approximate surface area is 92.8 Å². The Balaban J connectivity index is 3.16. The highest BCUT2D eigenvalue weighted by atomic mass is 35.5. The van der Waals surface area contributed by atoms with Crippen LogP contribution in [0.3, 0.4) is 0 Å². The molecule has 14 heavy (non-hydrogen) atoms. The Morgan fingerprint density at radius 2 is 2.21 bits per heavy atom. The molecule has 2 nitrogen and oxygen atoms in total. The highest BCUT2D eigenvalue weighted by molar-refractivity contribution is 7.98. The first kappa shape index (κ1) is 11.4. The molecule has 1 atom stereocenters. The van der Waals surface area contributed by atoms with Crippen LogP contribution in [0.4, 0.5) is 5.69 Å². The summed E-state index contributed by atoms with van der Waals surface area (Å²) in [6, 6.07) is 5.44. The van der Waals surface area contributed by atoms with Crippen LogP contribution >= 0.6 is 23.4 Å². The number of nitrogen functional groups attached to an aromatic ring is 1. The third-order valence-electron chi connectivity index (χ3n) is 1.88. The molecular weight excluding hydrogens is 218 g/mol. The van der Waals surface area contributed by atoms with Gasteiger partial charge in [0.15, 0.2) is 5.78 Å². The van der Waals surface area contributed by atoms with E-state index in [1.54, 1.807) is 23.9 Å². The predicted octanol–water partition coefficient (Wildman–Crippen LogP) is 2.86. The Hall–Kier alpha value is -0.670. The summed E-state index contributed by atoms with van der Waals surface area (Å²) in [5.41, 5.74) is 7.07. The van der Waals surface area contributed by atoms with E-state index in [2.05, 4.69) is 0 Å². The number of hydrogen-bond donors (Lipinski definition) is 1. The van der Waals surface area contributed by atoms with E-state index in [-0.39, 0.29) is 5.78 Å². The van der Waals surface area contributed by atoms with Gasteiger partial charge in [0.05, 0.1) is 0 Å². The standard InChI is InChI=1S/C10H12ClNOS/c1-6(13)10(11)8-5-7(12)3-4-9(8)14-2/h3-5,10H,12H2,1-2H3. The minimum Gasteiger partial charge on any atom is -0.399 e. The molecule has 0 bridgehead atoms. The first-order valence-electron chi connectivity index (χ1n) is 4.14. The molecule has 0 saturated carbocycles. The normalized spacial score (nSPS) is 12.5. The van der Waals surface area contributed by atoms with E-state index in [0.29, 0.717) is 5.69 Å². The van der Waals surface area contributed by atoms with Crippen molar-refractivity contribution in [2.75, 3.05) is 12.0 Å². The maximum atomic E-state index is 11.1. The van der Waals surface area contributed by atoms with Crippen LogP contribution in [0.2, 0.25) is 0 Å². The zero-order valence-corrected chi connectivity index (χ0v) is 9.65. The summed E-state index contributed by atoms with van der Waals surface area (Å²) in [7, 11) is 0. The molecule has 0 aromatic heterocycles. The lowest BCUT2D eigenvalue weighted by atomic mass is 10.1. The molecule has 1 unspecified atom stereocenters. The van der Waals surface area contributed by atoms with E-state index in [1.165, 1.54) is 6.92 Å². The van der Waals surface area contributed by atoms with E-state index in [4.69, 9.17) is 17.3 Å². The molecule has 0 radical (unpaired) electrons. The first-order valence-corrected chi connectivity index (χ1v) is 5.80. The largest absolute Gasteiger partial charge is 0.399 e. The molecule has 1 rings (SSSR count). The van der Waals surface area contributed by atoms with E-state index < -0.39 is 5.38 Å². The SMILES string of the molecule is CSc1ccc(N)cc1C(Cl)C(C)=O. The van der Waals surface area contributed by atoms with Crippen LogP contribution in [0.15, 0.2) is 23.1 Å². The van der Waals surface area contributed by atoms with Crippen molar-refractivity contribution in [3.63, 3.8) is 0 Å². The number of rotatable bonds is 3. The number of Topliss-reactive ketones (excluding diaryl/α,β-unsaturated/α-hetero) is 1. The van der Waals surface area contributed by atoms with Crippen molar-refractivity contribution in [2.45, 2.75) is 17.2 Å². The van der Waals surface area contributed by atoms with Crippen molar-refractivity contribution in [2.24, 2.45) is 0 Å². The van der Waals surface area contributed by atoms with Crippen LogP contribution in [0.5, 0.6) is 0 Å². The molecule has 0 heterocycles. The summed E-state index contributed by atoms with van der Waals surface area (Å²) in [5, 5.41) is -0.596. The van der Waals surface area contributed by atoms with Gasteiger partial charge in [0.2, 0.25) is 0 Å². The van der Waals surface area contributed by atoms with Gasteiger partial charge in [-0.05, 0) is 36.9 Å². The van der Waals surface area contributed by atoms with Crippen LogP contribution < -0.4 is 5.73 Å². The molecule has 1 aromatic rings. The van der Waals surface area contributed by atoms with Crippen molar-refractivity contribution < 1.29 is 4.79 Å². The number of hydrogen-bond acceptors (Lipinski definition) is 3. The van der Waals surface area contributed by atoms with Gasteiger partial charge in [-0.25, -0.2) is 0 Å². The molecule has 4 heteroatoms. The zero-order chi connectivity index (χ0) is 10.7. The van der Waals surface area contributed by atoms with Crippen molar-refractivity contribution >= 4 is 34.8 Å². The fraction of sp³-hybridized carbons (Fsp3) is 0.300. The van der Waals surface area contributed by atoms with E-state index >= 15 is 0 Å². The van der Waals surface area contributed by atoms with Crippen molar-refractivity contribution in [3.8, 4) is 0 Å². The molecule has 0 fully saturated rings. The fourth-order valence-electron chi connectivity index (χ4n) is 1.17. The van der Waals surface area contributed by atoms with Crippen molar-refractivity contribution in [1.82, 2.24) is 0 Å². The third-order valence-corrected chi connectivity index (χ3v) is 3.24. The molecule has 0 aliphatic carbocycles. The van der Waals surface area contributed by atoms with Crippen LogP contribution in [-0.4, -0.2) is 12.0 Å². The lowest BCUT2D eigenvalue weighted by molar-refractivity contribution is -0.116. The highest BCUT2D eigenvalue weighted by Gasteiger charge is 2.16. The first-order chi connectivity index (χ1) is 6.56. The number of nitrogens with two attached hydrogens (primary N) is 1. The van der Waals surface area contributed by atoms with Gasteiger partial charge in [0.25, 0.3) is 0 Å². The Morgan fingerprint density at radius 1 is 1.57 bits per heavy atom. The molecular formula is C10H12ClNOS. The van der Waals surface area contributed by atoms with Gasteiger partial charge in [-0.1, -0.05) is 0 Å². The van der Waals surface area contributed by atoms with Gasteiger partial charge >= 0.3 is 0 Å². The van der Waals surface area contributed by atoms with E-state index in [9.17, 15) is 4.79 Å². The summed E-state index contributed by atoms with van der Waals surface area (Å²) in [5.74, 6) is -0.0624. The lowest BCUT2D eigenvalue weighted by Gasteiger charge is -2.11. The predicted molar refractivity (Wildman–Crippen MR) is 61.9 cm³/mol. The monoisotopic (exact) mass is 229 g/mol. The minimum absolute atomic E-state index is 0.0624. The third kappa shape index (κ3) is 2.42. The second-order valence-electron chi connectivity index (χ2n) is 2.97. The second-order valence-corrected chi connectivity index (χ2v) is 4.26. The zero-order valence-electron chi connectivity index (χ0n) is 8.08. The average molecular weight is 230 g/mol.